The van der Waals surface area contributed by atoms with Crippen molar-refractivity contribution in [2.45, 2.75) is 71.6 Å². The number of nitrogens with zero attached hydrogens (tertiary/aromatic N) is 2. The van der Waals surface area contributed by atoms with Crippen molar-refractivity contribution in [3.63, 3.8) is 0 Å². The fraction of sp³-hybridized carbons (Fsp3) is 0.833. The van der Waals surface area contributed by atoms with Crippen molar-refractivity contribution >= 4 is 24.9 Å². The Hall–Kier alpha value is -2.56. The van der Waals surface area contributed by atoms with E-state index in [1.54, 1.807) is 9.80 Å². The van der Waals surface area contributed by atoms with Gasteiger partial charge in [-0.3, -0.25) is 14.9 Å². The molecule has 0 bridgehead atoms. The second-order valence-corrected chi connectivity index (χ2v) is 8.38. The van der Waals surface area contributed by atoms with Crippen molar-refractivity contribution < 1.29 is 19.2 Å². The Bertz CT molecular complexity index is 506. The number of nitrogens with one attached hydrogen (secondary N) is 5. The molecule has 0 saturated carbocycles. The van der Waals surface area contributed by atoms with Crippen LogP contribution < -0.4 is 26.6 Å². The molecule has 0 aromatic carbocycles. The van der Waals surface area contributed by atoms with Gasteiger partial charge in [0.2, 0.25) is 12.8 Å². The van der Waals surface area contributed by atoms with Crippen LogP contribution in [-0.2, 0) is 9.59 Å². The summed E-state index contributed by atoms with van der Waals surface area (Å²) < 4.78 is 0. The van der Waals surface area contributed by atoms with Crippen LogP contribution in [0.5, 0.6) is 0 Å². The van der Waals surface area contributed by atoms with E-state index in [1.807, 2.05) is 13.8 Å². The zero-order valence-electron chi connectivity index (χ0n) is 21.9. The normalized spacial score (nSPS) is 10.3. The Morgan fingerprint density at radius 3 is 1.51 bits per heavy atom. The van der Waals surface area contributed by atoms with E-state index < -0.39 is 0 Å². The molecule has 0 aliphatic carbocycles. The highest BCUT2D eigenvalue weighted by molar-refractivity contribution is 5.74. The third-order valence-electron chi connectivity index (χ3n) is 5.64. The highest BCUT2D eigenvalue weighted by Gasteiger charge is 2.12. The van der Waals surface area contributed by atoms with Crippen molar-refractivity contribution in [3.8, 4) is 0 Å². The SMILES string of the molecule is CCN(CCCNCN(CC)C(=O)NCCCCCCNC=O)C(=O)NCCCCCCNC=O. The first kappa shape index (κ1) is 32.4. The predicted molar refractivity (Wildman–Crippen MR) is 139 cm³/mol. The lowest BCUT2D eigenvalue weighted by Crippen LogP contribution is -2.45. The first-order valence-corrected chi connectivity index (χ1v) is 13.2. The molecule has 0 fully saturated rings. The molecule has 0 heterocycles. The molecule has 0 aliphatic heterocycles. The zero-order valence-corrected chi connectivity index (χ0v) is 21.9. The average Bonchev–Trinajstić information content (AvgIpc) is 2.86. The van der Waals surface area contributed by atoms with Gasteiger partial charge in [0.05, 0.1) is 6.67 Å². The van der Waals surface area contributed by atoms with E-state index in [9.17, 15) is 19.2 Å². The molecule has 0 saturated heterocycles. The third kappa shape index (κ3) is 19.4. The maximum atomic E-state index is 12.3. The molecular formula is C24H49N7O4. The van der Waals surface area contributed by atoms with Gasteiger partial charge in [0.1, 0.15) is 0 Å². The van der Waals surface area contributed by atoms with E-state index in [-0.39, 0.29) is 12.1 Å². The first-order valence-electron chi connectivity index (χ1n) is 13.2. The van der Waals surface area contributed by atoms with Gasteiger partial charge in [0, 0.05) is 45.8 Å². The summed E-state index contributed by atoms with van der Waals surface area (Å²) in [7, 11) is 0. The molecule has 0 aromatic heterocycles. The summed E-state index contributed by atoms with van der Waals surface area (Å²) in [5, 5.41) is 14.5. The summed E-state index contributed by atoms with van der Waals surface area (Å²) >= 11 is 0. The molecule has 0 aliphatic rings. The Balaban J connectivity index is 3.84. The largest absolute Gasteiger partial charge is 0.359 e. The molecule has 11 nitrogen and oxygen atoms in total. The fourth-order valence-corrected chi connectivity index (χ4v) is 3.48. The van der Waals surface area contributed by atoms with Crippen LogP contribution in [0.25, 0.3) is 0 Å². The fourth-order valence-electron chi connectivity index (χ4n) is 3.48. The lowest BCUT2D eigenvalue weighted by molar-refractivity contribution is -0.110. The number of amides is 6. The Morgan fingerprint density at radius 2 is 1.06 bits per heavy atom. The van der Waals surface area contributed by atoms with Gasteiger partial charge in [0.25, 0.3) is 0 Å². The van der Waals surface area contributed by atoms with Gasteiger partial charge in [-0.1, -0.05) is 25.7 Å². The van der Waals surface area contributed by atoms with Crippen LogP contribution in [0.15, 0.2) is 0 Å². The van der Waals surface area contributed by atoms with Gasteiger partial charge in [-0.2, -0.15) is 0 Å². The molecule has 204 valence electrons. The van der Waals surface area contributed by atoms with Crippen LogP contribution in [0.1, 0.15) is 71.6 Å². The topological polar surface area (TPSA) is 135 Å². The van der Waals surface area contributed by atoms with Gasteiger partial charge in [-0.15, -0.1) is 0 Å². The van der Waals surface area contributed by atoms with Gasteiger partial charge in [-0.25, -0.2) is 9.59 Å². The Kier molecular flexibility index (Phi) is 22.8. The molecule has 0 atom stereocenters. The third-order valence-corrected chi connectivity index (χ3v) is 5.64. The van der Waals surface area contributed by atoms with E-state index in [2.05, 4.69) is 26.6 Å². The molecule has 0 unspecified atom stereocenters. The van der Waals surface area contributed by atoms with Crippen LogP contribution in [0.4, 0.5) is 9.59 Å². The lowest BCUT2D eigenvalue weighted by Gasteiger charge is -2.23. The van der Waals surface area contributed by atoms with Crippen LogP contribution in [0.3, 0.4) is 0 Å². The zero-order chi connectivity index (χ0) is 26.0. The minimum atomic E-state index is -0.0721. The molecule has 11 heteroatoms. The van der Waals surface area contributed by atoms with Gasteiger partial charge >= 0.3 is 12.1 Å². The van der Waals surface area contributed by atoms with Crippen LogP contribution in [0, 0.1) is 0 Å². The van der Waals surface area contributed by atoms with Crippen LogP contribution in [-0.4, -0.2) is 93.7 Å². The number of hydrogen-bond donors (Lipinski definition) is 5. The summed E-state index contributed by atoms with van der Waals surface area (Å²) in [6, 6.07) is -0.109. The molecule has 0 rings (SSSR count). The quantitative estimate of drug-likeness (QED) is 0.0781. The summed E-state index contributed by atoms with van der Waals surface area (Å²) in [5.41, 5.74) is 0. The number of hydrogen-bond acceptors (Lipinski definition) is 5. The highest BCUT2D eigenvalue weighted by Crippen LogP contribution is 2.00. The molecule has 0 aromatic rings. The average molecular weight is 500 g/mol. The molecule has 0 radical (unpaired) electrons. The molecule has 0 spiro atoms. The van der Waals surface area contributed by atoms with E-state index in [0.717, 1.165) is 70.7 Å². The maximum absolute atomic E-state index is 12.3. The number of carbonyl (C=O) groups is 4. The van der Waals surface area contributed by atoms with E-state index >= 15 is 0 Å². The molecule has 6 amide bonds. The number of urea groups is 2. The molecule has 5 N–H and O–H groups in total. The maximum Gasteiger partial charge on any atom is 0.318 e. The highest BCUT2D eigenvalue weighted by atomic mass is 16.2. The summed E-state index contributed by atoms with van der Waals surface area (Å²) in [5.74, 6) is 0. The van der Waals surface area contributed by atoms with E-state index in [4.69, 9.17) is 0 Å². The second kappa shape index (κ2) is 24.6. The first-order chi connectivity index (χ1) is 17.1. The van der Waals surface area contributed by atoms with E-state index in [0.29, 0.717) is 58.9 Å². The predicted octanol–water partition coefficient (Wildman–Crippen LogP) is 1.60. The summed E-state index contributed by atoms with van der Waals surface area (Å²) in [6.07, 6.45) is 10.1. The van der Waals surface area contributed by atoms with Crippen molar-refractivity contribution in [1.82, 2.24) is 36.4 Å². The Labute approximate surface area is 211 Å². The summed E-state index contributed by atoms with van der Waals surface area (Å²) in [4.78, 5) is 48.5. The van der Waals surface area contributed by atoms with E-state index in [1.165, 1.54) is 0 Å². The van der Waals surface area contributed by atoms with Gasteiger partial charge in [-0.05, 0) is 52.5 Å². The van der Waals surface area contributed by atoms with Gasteiger partial charge in [0.15, 0.2) is 0 Å². The van der Waals surface area contributed by atoms with Crippen LogP contribution >= 0.6 is 0 Å². The van der Waals surface area contributed by atoms with Crippen molar-refractivity contribution in [3.05, 3.63) is 0 Å². The number of carbonyl (C=O) groups excluding carboxylic acids is 4. The van der Waals surface area contributed by atoms with Crippen LogP contribution in [0.2, 0.25) is 0 Å². The number of unbranched alkanes of at least 4 members (excludes halogenated alkanes) is 6. The minimum absolute atomic E-state index is 0.0373. The lowest BCUT2D eigenvalue weighted by atomic mass is 10.2. The molecule has 35 heavy (non-hydrogen) atoms. The monoisotopic (exact) mass is 499 g/mol. The second-order valence-electron chi connectivity index (χ2n) is 8.38. The Morgan fingerprint density at radius 1 is 0.600 bits per heavy atom. The van der Waals surface area contributed by atoms with Crippen molar-refractivity contribution in [2.24, 2.45) is 0 Å². The minimum Gasteiger partial charge on any atom is -0.359 e. The molecular weight excluding hydrogens is 450 g/mol. The standard InChI is InChI=1S/C24H49N7O4/c1-3-30(23(34)28-17-11-7-5-9-14-26-21-32)19-13-16-25-20-31(4-2)24(35)29-18-12-8-6-10-15-27-22-33/h21-22,25H,3-20H2,1-2H3,(H,26,32)(H,27,33)(H,28,34)(H,29,35). The summed E-state index contributed by atoms with van der Waals surface area (Å²) in [6.45, 7) is 9.76. The smallest absolute Gasteiger partial charge is 0.318 e. The van der Waals surface area contributed by atoms with Gasteiger partial charge < -0.3 is 31.1 Å². The van der Waals surface area contributed by atoms with Crippen molar-refractivity contribution in [2.75, 3.05) is 59.0 Å². The number of rotatable bonds is 24. The van der Waals surface area contributed by atoms with Crippen molar-refractivity contribution in [1.29, 1.82) is 0 Å².